The summed E-state index contributed by atoms with van der Waals surface area (Å²) >= 11 is 1.72. The maximum absolute atomic E-state index is 11.9. The normalized spacial score (nSPS) is 11.4. The van der Waals surface area contributed by atoms with Gasteiger partial charge < -0.3 is 9.64 Å². The van der Waals surface area contributed by atoms with Crippen LogP contribution in [0.5, 0.6) is 0 Å². The van der Waals surface area contributed by atoms with E-state index in [1.165, 1.54) is 122 Å². The van der Waals surface area contributed by atoms with E-state index in [4.69, 9.17) is 4.74 Å². The summed E-state index contributed by atoms with van der Waals surface area (Å²) < 4.78 is 8.77. The number of nitrogens with one attached hydrogen (secondary N) is 1. The van der Waals surface area contributed by atoms with Crippen LogP contribution in [-0.2, 0) is 9.53 Å². The van der Waals surface area contributed by atoms with Crippen molar-refractivity contribution >= 4 is 17.9 Å². The molecule has 0 fully saturated rings. The third kappa shape index (κ3) is 26.3. The molecule has 0 bridgehead atoms. The number of hydrogen-bond acceptors (Lipinski definition) is 5. The third-order valence-corrected chi connectivity index (χ3v) is 7.08. The molecule has 204 valence electrons. The number of carbonyl (C=O) groups excluding carboxylic acids is 1. The first-order valence-electron chi connectivity index (χ1n) is 14.9. The molecule has 0 rings (SSSR count). The minimum absolute atomic E-state index is 0.00921. The zero-order valence-electron chi connectivity index (χ0n) is 23.3. The van der Waals surface area contributed by atoms with Crippen LogP contribution in [-0.4, -0.2) is 49.9 Å². The van der Waals surface area contributed by atoms with Crippen LogP contribution in [0.1, 0.15) is 142 Å². The summed E-state index contributed by atoms with van der Waals surface area (Å²) in [6.45, 7) is 9.96. The average Bonchev–Trinajstić information content (AvgIpc) is 2.84. The van der Waals surface area contributed by atoms with Crippen molar-refractivity contribution in [2.45, 2.75) is 142 Å². The molecule has 0 heterocycles. The van der Waals surface area contributed by atoms with E-state index in [2.05, 4.69) is 29.7 Å². The summed E-state index contributed by atoms with van der Waals surface area (Å²) in [5.41, 5.74) is 0. The molecule has 5 heteroatoms. The molecular weight excluding hydrogens is 440 g/mol. The van der Waals surface area contributed by atoms with Crippen molar-refractivity contribution in [2.24, 2.45) is 0 Å². The van der Waals surface area contributed by atoms with E-state index < -0.39 is 0 Å². The largest absolute Gasteiger partial charge is 0.466 e. The minimum atomic E-state index is 0.00921. The van der Waals surface area contributed by atoms with E-state index in [0.29, 0.717) is 13.0 Å². The topological polar surface area (TPSA) is 41.6 Å². The molecule has 0 amide bonds. The van der Waals surface area contributed by atoms with Gasteiger partial charge in [-0.1, -0.05) is 116 Å². The highest BCUT2D eigenvalue weighted by molar-refractivity contribution is 7.96. The van der Waals surface area contributed by atoms with Crippen molar-refractivity contribution < 1.29 is 9.53 Å². The second-order valence-corrected chi connectivity index (χ2v) is 10.6. The van der Waals surface area contributed by atoms with Crippen molar-refractivity contribution in [2.75, 3.05) is 39.0 Å². The van der Waals surface area contributed by atoms with Crippen LogP contribution in [0.3, 0.4) is 0 Å². The van der Waals surface area contributed by atoms with Crippen molar-refractivity contribution in [3.8, 4) is 0 Å². The van der Waals surface area contributed by atoms with Crippen LogP contribution in [0.2, 0.25) is 0 Å². The van der Waals surface area contributed by atoms with Crippen LogP contribution < -0.4 is 4.72 Å². The van der Waals surface area contributed by atoms with Gasteiger partial charge in [0.25, 0.3) is 0 Å². The summed E-state index contributed by atoms with van der Waals surface area (Å²) in [6, 6.07) is 0. The van der Waals surface area contributed by atoms with Crippen LogP contribution in [0, 0.1) is 0 Å². The van der Waals surface area contributed by atoms with Crippen molar-refractivity contribution in [1.82, 2.24) is 9.62 Å². The van der Waals surface area contributed by atoms with E-state index in [-0.39, 0.29) is 5.97 Å². The Bertz CT molecular complexity index is 410. The molecule has 0 aliphatic carbocycles. The Morgan fingerprint density at radius 1 is 0.647 bits per heavy atom. The lowest BCUT2D eigenvalue weighted by Gasteiger charge is -2.22. The van der Waals surface area contributed by atoms with Gasteiger partial charge in [-0.25, -0.2) is 0 Å². The Balaban J connectivity index is 3.67. The van der Waals surface area contributed by atoms with Gasteiger partial charge in [0.2, 0.25) is 0 Å². The van der Waals surface area contributed by atoms with E-state index >= 15 is 0 Å². The highest BCUT2D eigenvalue weighted by atomic mass is 32.2. The third-order valence-electron chi connectivity index (χ3n) is 6.59. The van der Waals surface area contributed by atoms with Crippen LogP contribution >= 0.6 is 11.9 Å². The smallest absolute Gasteiger partial charge is 0.305 e. The molecule has 0 aliphatic rings. The first kappa shape index (κ1) is 33.7. The standard InChI is InChI=1S/C29H60N2O2S/c1-4-6-8-10-12-17-21-28-33-29(32)23-18-14-13-16-20-26-31(27-22-24-30-34-3)25-19-15-11-9-7-5-2/h30H,4-28H2,1-3H3. The lowest BCUT2D eigenvalue weighted by molar-refractivity contribution is -0.143. The van der Waals surface area contributed by atoms with Crippen LogP contribution in [0.15, 0.2) is 0 Å². The molecule has 0 radical (unpaired) electrons. The van der Waals surface area contributed by atoms with E-state index in [9.17, 15) is 4.79 Å². The molecule has 0 saturated carbocycles. The molecule has 0 atom stereocenters. The molecule has 1 N–H and O–H groups in total. The summed E-state index contributed by atoms with van der Waals surface area (Å²) in [6.07, 6.45) is 27.0. The summed E-state index contributed by atoms with van der Waals surface area (Å²) in [5.74, 6) is 0.00921. The number of rotatable bonds is 28. The van der Waals surface area contributed by atoms with E-state index in [1.54, 1.807) is 11.9 Å². The van der Waals surface area contributed by atoms with Gasteiger partial charge in [-0.2, -0.15) is 0 Å². The average molecular weight is 501 g/mol. The predicted octanol–water partition coefficient (Wildman–Crippen LogP) is 8.54. The first-order chi connectivity index (χ1) is 16.7. The van der Waals surface area contributed by atoms with Crippen LogP contribution in [0.25, 0.3) is 0 Å². The molecule has 0 aromatic carbocycles. The Hall–Kier alpha value is -0.260. The zero-order chi connectivity index (χ0) is 25.0. The van der Waals surface area contributed by atoms with Gasteiger partial charge in [0, 0.05) is 13.0 Å². The fourth-order valence-corrected chi connectivity index (χ4v) is 4.73. The van der Waals surface area contributed by atoms with Gasteiger partial charge >= 0.3 is 5.97 Å². The van der Waals surface area contributed by atoms with E-state index in [1.807, 2.05) is 0 Å². The summed E-state index contributed by atoms with van der Waals surface area (Å²) in [4.78, 5) is 14.6. The summed E-state index contributed by atoms with van der Waals surface area (Å²) in [5, 5.41) is 0. The maximum atomic E-state index is 11.9. The van der Waals surface area contributed by atoms with Crippen LogP contribution in [0.4, 0.5) is 0 Å². The quantitative estimate of drug-likeness (QED) is 0.0662. The lowest BCUT2D eigenvalue weighted by atomic mass is 10.1. The van der Waals surface area contributed by atoms with Crippen molar-refractivity contribution in [3.63, 3.8) is 0 Å². The predicted molar refractivity (Wildman–Crippen MR) is 153 cm³/mol. The highest BCUT2D eigenvalue weighted by Gasteiger charge is 2.06. The molecule has 0 unspecified atom stereocenters. The number of unbranched alkanes of at least 4 members (excludes halogenated alkanes) is 15. The fourth-order valence-electron chi connectivity index (χ4n) is 4.38. The Morgan fingerprint density at radius 2 is 1.12 bits per heavy atom. The Morgan fingerprint density at radius 3 is 1.68 bits per heavy atom. The molecule has 0 aromatic rings. The Kier molecular flexibility index (Phi) is 28.8. The van der Waals surface area contributed by atoms with Crippen molar-refractivity contribution in [3.05, 3.63) is 0 Å². The molecule has 34 heavy (non-hydrogen) atoms. The van der Waals surface area contributed by atoms with Gasteiger partial charge in [-0.05, 0) is 58.0 Å². The Labute approximate surface area is 218 Å². The van der Waals surface area contributed by atoms with Gasteiger partial charge in [-0.3, -0.25) is 9.52 Å². The molecule has 0 saturated heterocycles. The monoisotopic (exact) mass is 500 g/mol. The number of hydrogen-bond donors (Lipinski definition) is 1. The first-order valence-corrected chi connectivity index (χ1v) is 16.1. The maximum Gasteiger partial charge on any atom is 0.305 e. The minimum Gasteiger partial charge on any atom is -0.466 e. The number of ether oxygens (including phenoxy) is 1. The van der Waals surface area contributed by atoms with Gasteiger partial charge in [0.05, 0.1) is 6.61 Å². The zero-order valence-corrected chi connectivity index (χ0v) is 24.2. The number of nitrogens with zero attached hydrogens (tertiary/aromatic N) is 1. The fraction of sp³-hybridized carbons (Fsp3) is 0.966. The van der Waals surface area contributed by atoms with E-state index in [0.717, 1.165) is 25.8 Å². The number of esters is 1. The van der Waals surface area contributed by atoms with Gasteiger partial charge in [-0.15, -0.1) is 0 Å². The number of carbonyl (C=O) groups is 1. The molecule has 0 aliphatic heterocycles. The molecular formula is C29H60N2O2S. The molecule has 0 aromatic heterocycles. The SMILES string of the molecule is CCCCCCCCCOC(=O)CCCCCCCN(CCCCCCCC)CCCNSC. The second kappa shape index (κ2) is 29.0. The second-order valence-electron chi connectivity index (χ2n) is 9.92. The van der Waals surface area contributed by atoms with Crippen molar-refractivity contribution in [1.29, 1.82) is 0 Å². The van der Waals surface area contributed by atoms with Gasteiger partial charge in [0.1, 0.15) is 0 Å². The summed E-state index contributed by atoms with van der Waals surface area (Å²) in [7, 11) is 0. The van der Waals surface area contributed by atoms with Gasteiger partial charge in [0.15, 0.2) is 0 Å². The highest BCUT2D eigenvalue weighted by Crippen LogP contribution is 2.11. The lowest BCUT2D eigenvalue weighted by Crippen LogP contribution is -2.28. The molecule has 4 nitrogen and oxygen atoms in total. The molecule has 0 spiro atoms.